The summed E-state index contributed by atoms with van der Waals surface area (Å²) in [6.07, 6.45) is 1.71. The number of carbonyl (C=O) groups is 1. The molecule has 0 unspecified atom stereocenters. The van der Waals surface area contributed by atoms with Crippen LogP contribution < -0.4 is 0 Å². The number of carbonyl (C=O) groups excluding carboxylic acids is 1. The van der Waals surface area contributed by atoms with Crippen molar-refractivity contribution in [1.29, 1.82) is 0 Å². The maximum Gasteiger partial charge on any atom is 0.158 e. The van der Waals surface area contributed by atoms with Crippen molar-refractivity contribution in [3.8, 4) is 11.8 Å². The van der Waals surface area contributed by atoms with E-state index in [1.807, 2.05) is 27.7 Å². The van der Waals surface area contributed by atoms with Gasteiger partial charge in [0, 0.05) is 6.42 Å². The van der Waals surface area contributed by atoms with Gasteiger partial charge in [0.15, 0.2) is 5.78 Å². The summed E-state index contributed by atoms with van der Waals surface area (Å²) in [4.78, 5) is 11.3. The lowest BCUT2D eigenvalue weighted by atomic mass is 10.00. The van der Waals surface area contributed by atoms with Crippen LogP contribution in [0.5, 0.6) is 0 Å². The van der Waals surface area contributed by atoms with Gasteiger partial charge in [-0.2, -0.15) is 0 Å². The Bertz CT molecular complexity index is 393. The van der Waals surface area contributed by atoms with E-state index in [0.717, 1.165) is 23.1 Å². The Morgan fingerprint density at radius 2 is 1.45 bits per heavy atom. The molecule has 0 atom stereocenters. The van der Waals surface area contributed by atoms with Crippen molar-refractivity contribution in [1.82, 2.24) is 0 Å². The van der Waals surface area contributed by atoms with Gasteiger partial charge in [-0.25, -0.2) is 0 Å². The molecule has 0 rings (SSSR count). The summed E-state index contributed by atoms with van der Waals surface area (Å²) in [5, 5.41) is 0. The number of ketones is 1. The highest BCUT2D eigenvalue weighted by Crippen LogP contribution is 2.10. The normalized spacial score (nSPS) is 9.30. The van der Waals surface area contributed by atoms with E-state index in [4.69, 9.17) is 0 Å². The van der Waals surface area contributed by atoms with Gasteiger partial charge in [-0.15, -0.1) is 5.92 Å². The van der Waals surface area contributed by atoms with Crippen LogP contribution in [0.1, 0.15) is 68.2 Å². The summed E-state index contributed by atoms with van der Waals surface area (Å²) in [7, 11) is 0. The van der Waals surface area contributed by atoms with E-state index in [2.05, 4.69) is 46.1 Å². The highest BCUT2D eigenvalue weighted by atomic mass is 16.1. The zero-order chi connectivity index (χ0) is 16.3. The molecule has 0 aliphatic carbocycles. The van der Waals surface area contributed by atoms with Crippen LogP contribution in [0.2, 0.25) is 0 Å². The lowest BCUT2D eigenvalue weighted by Crippen LogP contribution is -2.04. The number of hydrogen-bond donors (Lipinski definition) is 0. The van der Waals surface area contributed by atoms with Crippen molar-refractivity contribution in [3.05, 3.63) is 23.3 Å². The minimum atomic E-state index is 0.292. The Kier molecular flexibility index (Phi) is 12.1. The van der Waals surface area contributed by atoms with Gasteiger partial charge in [0.2, 0.25) is 0 Å². The number of rotatable bonds is 5. The molecule has 0 saturated carbocycles. The van der Waals surface area contributed by atoms with Crippen LogP contribution in [-0.4, -0.2) is 5.78 Å². The summed E-state index contributed by atoms with van der Waals surface area (Å²) in [6, 6.07) is 0. The lowest BCUT2D eigenvalue weighted by molar-refractivity contribution is -0.116. The molecule has 1 nitrogen and oxygen atoms in total. The van der Waals surface area contributed by atoms with E-state index in [-0.39, 0.29) is 0 Å². The predicted molar refractivity (Wildman–Crippen MR) is 90.6 cm³/mol. The third kappa shape index (κ3) is 13.1. The topological polar surface area (TPSA) is 17.1 Å². The minimum Gasteiger partial charge on any atom is -0.295 e. The SMILES string of the molecule is C=C(C#CC)CC(C)C.CC(C)=C(C)C(=O)CC(C)C. The first-order chi connectivity index (χ1) is 9.11. The van der Waals surface area contributed by atoms with Gasteiger partial charge in [0.05, 0.1) is 0 Å². The minimum absolute atomic E-state index is 0.292. The molecule has 0 bridgehead atoms. The van der Waals surface area contributed by atoms with Crippen molar-refractivity contribution in [2.45, 2.75) is 68.2 Å². The maximum absolute atomic E-state index is 11.3. The molecule has 0 aliphatic rings. The largest absolute Gasteiger partial charge is 0.295 e. The molecule has 0 aromatic carbocycles. The predicted octanol–water partition coefficient (Wildman–Crippen LogP) is 5.57. The second-order valence-electron chi connectivity index (χ2n) is 6.22. The van der Waals surface area contributed by atoms with Crippen LogP contribution in [0, 0.1) is 23.7 Å². The number of hydrogen-bond acceptors (Lipinski definition) is 1. The monoisotopic (exact) mass is 276 g/mol. The fourth-order valence-electron chi connectivity index (χ4n) is 1.52. The van der Waals surface area contributed by atoms with Gasteiger partial charge >= 0.3 is 0 Å². The molecular formula is C19H32O. The average Bonchev–Trinajstić information content (AvgIpc) is 2.26. The highest BCUT2D eigenvalue weighted by Gasteiger charge is 2.07. The van der Waals surface area contributed by atoms with Crippen LogP contribution in [0.4, 0.5) is 0 Å². The highest BCUT2D eigenvalue weighted by molar-refractivity contribution is 5.95. The summed E-state index contributed by atoms with van der Waals surface area (Å²) >= 11 is 0. The Balaban J connectivity index is 0. The van der Waals surface area contributed by atoms with Gasteiger partial charge in [-0.05, 0) is 57.1 Å². The van der Waals surface area contributed by atoms with Gasteiger partial charge in [0.25, 0.3) is 0 Å². The summed E-state index contributed by atoms with van der Waals surface area (Å²) < 4.78 is 0. The summed E-state index contributed by atoms with van der Waals surface area (Å²) in [5.74, 6) is 7.20. The van der Waals surface area contributed by atoms with E-state index in [1.54, 1.807) is 0 Å². The van der Waals surface area contributed by atoms with Gasteiger partial charge in [-0.3, -0.25) is 4.79 Å². The van der Waals surface area contributed by atoms with E-state index >= 15 is 0 Å². The fraction of sp³-hybridized carbons (Fsp3) is 0.632. The molecule has 0 N–H and O–H groups in total. The van der Waals surface area contributed by atoms with Crippen molar-refractivity contribution in [2.75, 3.05) is 0 Å². The molecule has 114 valence electrons. The molecule has 20 heavy (non-hydrogen) atoms. The molecule has 0 saturated heterocycles. The first-order valence-corrected chi connectivity index (χ1v) is 7.39. The molecular weight excluding hydrogens is 244 g/mol. The van der Waals surface area contributed by atoms with E-state index in [9.17, 15) is 4.79 Å². The third-order valence-electron chi connectivity index (χ3n) is 2.72. The number of allylic oxidation sites excluding steroid dienone is 3. The Hall–Kier alpha value is -1.29. The van der Waals surface area contributed by atoms with E-state index in [0.29, 0.717) is 24.0 Å². The molecule has 0 fully saturated rings. The van der Waals surface area contributed by atoms with Gasteiger partial charge in [0.1, 0.15) is 0 Å². The Morgan fingerprint density at radius 3 is 1.75 bits per heavy atom. The molecule has 0 amide bonds. The second-order valence-corrected chi connectivity index (χ2v) is 6.22. The van der Waals surface area contributed by atoms with Gasteiger partial charge in [-0.1, -0.05) is 45.8 Å². The van der Waals surface area contributed by atoms with Crippen LogP contribution in [0.3, 0.4) is 0 Å². The van der Waals surface area contributed by atoms with E-state index < -0.39 is 0 Å². The lowest BCUT2D eigenvalue weighted by Gasteiger charge is -2.04. The molecule has 0 radical (unpaired) electrons. The first-order valence-electron chi connectivity index (χ1n) is 7.39. The second kappa shape index (κ2) is 11.5. The molecule has 0 aliphatic heterocycles. The van der Waals surface area contributed by atoms with Crippen LogP contribution in [0.25, 0.3) is 0 Å². The molecule has 0 spiro atoms. The summed E-state index contributed by atoms with van der Waals surface area (Å²) in [6.45, 7) is 20.0. The number of Topliss-reactive ketones (excluding diaryl/α,β-unsaturated/α-hetero) is 1. The van der Waals surface area contributed by atoms with Crippen molar-refractivity contribution in [3.63, 3.8) is 0 Å². The third-order valence-corrected chi connectivity index (χ3v) is 2.72. The first kappa shape index (κ1) is 21.0. The van der Waals surface area contributed by atoms with Crippen molar-refractivity contribution >= 4 is 5.78 Å². The quantitative estimate of drug-likeness (QED) is 0.474. The smallest absolute Gasteiger partial charge is 0.158 e. The fourth-order valence-corrected chi connectivity index (χ4v) is 1.52. The van der Waals surface area contributed by atoms with Crippen LogP contribution in [-0.2, 0) is 4.79 Å². The van der Waals surface area contributed by atoms with Gasteiger partial charge < -0.3 is 0 Å². The Labute approximate surface area is 126 Å². The molecule has 0 aromatic heterocycles. The van der Waals surface area contributed by atoms with Crippen molar-refractivity contribution in [2.24, 2.45) is 11.8 Å². The standard InChI is InChI=1S/C10H18O.C9H14/c1-7(2)6-10(11)9(5)8(3)4;1-5-6-9(4)7-8(2)3/h7H,6H2,1-5H3;8H,4,7H2,1-3H3. The van der Waals surface area contributed by atoms with Crippen LogP contribution >= 0.6 is 0 Å². The molecule has 0 heterocycles. The molecule has 1 heteroatoms. The van der Waals surface area contributed by atoms with E-state index in [1.165, 1.54) is 0 Å². The van der Waals surface area contributed by atoms with Crippen molar-refractivity contribution < 1.29 is 4.79 Å². The van der Waals surface area contributed by atoms with Crippen LogP contribution in [0.15, 0.2) is 23.3 Å². The Morgan fingerprint density at radius 1 is 1.00 bits per heavy atom. The zero-order valence-corrected chi connectivity index (χ0v) is 14.7. The maximum atomic E-state index is 11.3. The summed E-state index contributed by atoms with van der Waals surface area (Å²) in [5.41, 5.74) is 3.11. The zero-order valence-electron chi connectivity index (χ0n) is 14.7. The molecule has 0 aromatic rings. The average molecular weight is 276 g/mol.